The molecule has 1 aromatic rings. The molecule has 3 aliphatic rings. The summed E-state index contributed by atoms with van der Waals surface area (Å²) >= 11 is 0. The summed E-state index contributed by atoms with van der Waals surface area (Å²) in [5.41, 5.74) is 1.50. The summed E-state index contributed by atoms with van der Waals surface area (Å²) in [7, 11) is 1.68. The molecule has 2 bridgehead atoms. The van der Waals surface area contributed by atoms with Crippen LogP contribution in [0.4, 0.5) is 8.78 Å². The fourth-order valence-electron chi connectivity index (χ4n) is 5.79. The molecule has 0 N–H and O–H groups in total. The number of halogens is 2. The monoisotopic (exact) mass is 385 g/mol. The number of nitrogens with zero attached hydrogens (tertiary/aromatic N) is 3. The van der Waals surface area contributed by atoms with Crippen molar-refractivity contribution in [2.24, 2.45) is 47.5 Å². The summed E-state index contributed by atoms with van der Waals surface area (Å²) in [5, 5.41) is 3.90. The Balaban J connectivity index is 1.54. The summed E-state index contributed by atoms with van der Waals surface area (Å²) < 4.78 is 27.9. The lowest BCUT2D eigenvalue weighted by Gasteiger charge is -2.33. The van der Waals surface area contributed by atoms with Crippen LogP contribution in [0.5, 0.6) is 0 Å². The lowest BCUT2D eigenvalue weighted by atomic mass is 9.72. The van der Waals surface area contributed by atoms with E-state index in [4.69, 9.17) is 4.99 Å². The van der Waals surface area contributed by atoms with Crippen molar-refractivity contribution in [2.45, 2.75) is 52.5 Å². The smallest absolute Gasteiger partial charge is 0.282 e. The van der Waals surface area contributed by atoms with Crippen LogP contribution in [0.1, 0.15) is 57.2 Å². The van der Waals surface area contributed by atoms with Crippen LogP contribution in [0, 0.1) is 47.3 Å². The van der Waals surface area contributed by atoms with E-state index in [1.807, 2.05) is 0 Å². The van der Waals surface area contributed by atoms with Gasteiger partial charge in [-0.3, -0.25) is 9.67 Å². The van der Waals surface area contributed by atoms with Gasteiger partial charge < -0.3 is 0 Å². The van der Waals surface area contributed by atoms with E-state index in [0.29, 0.717) is 35.2 Å². The van der Waals surface area contributed by atoms with E-state index in [9.17, 15) is 8.78 Å². The first-order valence-corrected chi connectivity index (χ1v) is 10.5. The highest BCUT2D eigenvalue weighted by molar-refractivity contribution is 5.98. The molecular formula is C23H29F2N3. The summed E-state index contributed by atoms with van der Waals surface area (Å²) in [4.78, 5) is 4.82. The average Bonchev–Trinajstić information content (AvgIpc) is 3.31. The van der Waals surface area contributed by atoms with Crippen LogP contribution in [-0.2, 0) is 13.6 Å². The molecule has 0 saturated heterocycles. The molecule has 1 heterocycles. The third-order valence-corrected chi connectivity index (χ3v) is 6.75. The molecule has 28 heavy (non-hydrogen) atoms. The van der Waals surface area contributed by atoms with Crippen LogP contribution in [-0.4, -0.2) is 15.5 Å². The summed E-state index contributed by atoms with van der Waals surface area (Å²) in [5.74, 6) is 10.3. The second-order valence-electron chi connectivity index (χ2n) is 8.83. The summed E-state index contributed by atoms with van der Waals surface area (Å²) in [6.07, 6.45) is 8.14. The number of hydrogen-bond donors (Lipinski definition) is 0. The minimum absolute atomic E-state index is 0.141. The molecule has 1 aromatic heterocycles. The Bertz CT molecular complexity index is 840. The van der Waals surface area contributed by atoms with E-state index in [-0.39, 0.29) is 12.2 Å². The van der Waals surface area contributed by atoms with Crippen molar-refractivity contribution in [3.05, 3.63) is 29.6 Å². The molecule has 3 nitrogen and oxygen atoms in total. The van der Waals surface area contributed by atoms with E-state index >= 15 is 0 Å². The second kappa shape index (κ2) is 7.81. The van der Waals surface area contributed by atoms with Crippen LogP contribution < -0.4 is 0 Å². The second-order valence-corrected chi connectivity index (χ2v) is 8.83. The highest BCUT2D eigenvalue weighted by Gasteiger charge is 2.55. The summed E-state index contributed by atoms with van der Waals surface area (Å²) in [6.45, 7) is 4.55. The number of aliphatic imine (C=N–C) groups is 1. The molecule has 0 aromatic carbocycles. The first kappa shape index (κ1) is 19.4. The van der Waals surface area contributed by atoms with E-state index in [1.54, 1.807) is 13.2 Å². The van der Waals surface area contributed by atoms with Gasteiger partial charge in [-0.25, -0.2) is 8.78 Å². The molecule has 0 radical (unpaired) electrons. The molecule has 0 spiro atoms. The van der Waals surface area contributed by atoms with Gasteiger partial charge in [-0.1, -0.05) is 19.9 Å². The zero-order valence-electron chi connectivity index (χ0n) is 16.9. The molecule has 2 fully saturated rings. The number of allylic oxidation sites excluding steroid dienone is 2. The zero-order chi connectivity index (χ0) is 19.8. The Labute approximate surface area is 166 Å². The molecule has 3 aliphatic carbocycles. The number of aryl methyl sites for hydroxylation is 1. The van der Waals surface area contributed by atoms with Gasteiger partial charge in [0.05, 0.1) is 6.54 Å². The number of alkyl halides is 2. The first-order chi connectivity index (χ1) is 13.5. The fraction of sp³-hybridized carbons (Fsp3) is 0.652. The first-order valence-electron chi connectivity index (χ1n) is 10.5. The van der Waals surface area contributed by atoms with Gasteiger partial charge in [0.15, 0.2) is 0 Å². The predicted molar refractivity (Wildman–Crippen MR) is 107 cm³/mol. The summed E-state index contributed by atoms with van der Waals surface area (Å²) in [6, 6.07) is 0. The topological polar surface area (TPSA) is 30.2 Å². The van der Waals surface area contributed by atoms with Crippen molar-refractivity contribution in [3.63, 3.8) is 0 Å². The molecule has 5 atom stereocenters. The molecule has 5 unspecified atom stereocenters. The van der Waals surface area contributed by atoms with Crippen molar-refractivity contribution >= 4 is 5.71 Å². The Morgan fingerprint density at radius 2 is 2.04 bits per heavy atom. The van der Waals surface area contributed by atoms with Crippen molar-refractivity contribution in [2.75, 3.05) is 0 Å². The Kier molecular flexibility index (Phi) is 5.40. The minimum Gasteiger partial charge on any atom is -0.285 e. The van der Waals surface area contributed by atoms with Gasteiger partial charge in [0.2, 0.25) is 0 Å². The molecule has 4 rings (SSSR count). The van der Waals surface area contributed by atoms with E-state index in [1.165, 1.54) is 17.5 Å². The Morgan fingerprint density at radius 1 is 1.25 bits per heavy atom. The lowest BCUT2D eigenvalue weighted by Crippen LogP contribution is -2.31. The van der Waals surface area contributed by atoms with Gasteiger partial charge in [-0.2, -0.15) is 5.10 Å². The third-order valence-electron chi connectivity index (χ3n) is 6.75. The zero-order valence-corrected chi connectivity index (χ0v) is 16.9. The van der Waals surface area contributed by atoms with Crippen LogP contribution in [0.2, 0.25) is 0 Å². The van der Waals surface area contributed by atoms with Crippen molar-refractivity contribution in [1.82, 2.24) is 9.78 Å². The molecule has 2 saturated carbocycles. The molecule has 150 valence electrons. The van der Waals surface area contributed by atoms with E-state index < -0.39 is 6.43 Å². The SMILES string of the molecule is CC(C)C#CCC1C2CCC1C1C(=NCc3cn(C)nc3C(F)F)C=CCC21. The largest absolute Gasteiger partial charge is 0.285 e. The van der Waals surface area contributed by atoms with Gasteiger partial charge in [0, 0.05) is 42.8 Å². The van der Waals surface area contributed by atoms with Crippen LogP contribution >= 0.6 is 0 Å². The Hall–Kier alpha value is -1.96. The minimum atomic E-state index is -2.56. The van der Waals surface area contributed by atoms with Gasteiger partial charge in [-0.15, -0.1) is 11.8 Å². The normalized spacial score (nSPS) is 32.2. The van der Waals surface area contributed by atoms with Gasteiger partial charge in [0.25, 0.3) is 6.43 Å². The van der Waals surface area contributed by atoms with E-state index in [0.717, 1.165) is 24.5 Å². The molecule has 0 aliphatic heterocycles. The Morgan fingerprint density at radius 3 is 2.79 bits per heavy atom. The number of rotatable bonds is 4. The number of hydrogen-bond acceptors (Lipinski definition) is 2. The molecule has 5 heteroatoms. The van der Waals surface area contributed by atoms with Crippen molar-refractivity contribution < 1.29 is 8.78 Å². The quantitative estimate of drug-likeness (QED) is 0.656. The maximum absolute atomic E-state index is 13.2. The maximum Gasteiger partial charge on any atom is 0.282 e. The van der Waals surface area contributed by atoms with Crippen molar-refractivity contribution in [3.8, 4) is 11.8 Å². The molecule has 0 amide bonds. The van der Waals surface area contributed by atoms with E-state index in [2.05, 4.69) is 42.9 Å². The van der Waals surface area contributed by atoms with Gasteiger partial charge in [0.1, 0.15) is 5.69 Å². The van der Waals surface area contributed by atoms with Crippen LogP contribution in [0.3, 0.4) is 0 Å². The van der Waals surface area contributed by atoms with Gasteiger partial charge >= 0.3 is 0 Å². The number of aromatic nitrogens is 2. The third kappa shape index (κ3) is 3.54. The average molecular weight is 386 g/mol. The van der Waals surface area contributed by atoms with Crippen molar-refractivity contribution in [1.29, 1.82) is 0 Å². The molecular weight excluding hydrogens is 356 g/mol. The van der Waals surface area contributed by atoms with Gasteiger partial charge in [-0.05, 0) is 49.0 Å². The predicted octanol–water partition coefficient (Wildman–Crippen LogP) is 5.20. The van der Waals surface area contributed by atoms with Crippen LogP contribution in [0.15, 0.2) is 23.3 Å². The fourth-order valence-corrected chi connectivity index (χ4v) is 5.79. The maximum atomic E-state index is 13.2. The van der Waals surface area contributed by atoms with Crippen LogP contribution in [0.25, 0.3) is 0 Å². The highest BCUT2D eigenvalue weighted by Crippen LogP contribution is 2.59. The highest BCUT2D eigenvalue weighted by atomic mass is 19.3. The number of fused-ring (bicyclic) bond motifs is 5. The standard InChI is InChI=1S/C23H29F2N3/c1-14(2)6-4-7-16-17-10-11-19(16)21-18(17)8-5-9-20(21)26-12-15-13-28(3)27-22(15)23(24)25/h5,9,13-14,16-19,21,23H,7-8,10-12H2,1-3H3. The lowest BCUT2D eigenvalue weighted by molar-refractivity contribution is 0.144.